The van der Waals surface area contributed by atoms with Crippen LogP contribution in [0, 0.1) is 13.8 Å². The standard InChI is InChI=1S/C17H27N3O2/c1-4-5-14-11-16(20-19-14)17(21)18-6-7-22-15-9-12(2)8-13(3)10-15/h8-10,14,16,19-20H,4-7,11H2,1-3H3,(H,18,21). The highest BCUT2D eigenvalue weighted by Crippen LogP contribution is 2.16. The minimum atomic E-state index is -0.141. The molecule has 0 spiro atoms. The Labute approximate surface area is 132 Å². The monoisotopic (exact) mass is 305 g/mol. The number of hydrazine groups is 1. The number of benzene rings is 1. The van der Waals surface area contributed by atoms with Crippen molar-refractivity contribution in [1.29, 1.82) is 0 Å². The van der Waals surface area contributed by atoms with Crippen LogP contribution in [0.15, 0.2) is 18.2 Å². The molecule has 0 radical (unpaired) electrons. The second-order valence-corrected chi connectivity index (χ2v) is 6.03. The summed E-state index contributed by atoms with van der Waals surface area (Å²) in [5.41, 5.74) is 8.60. The van der Waals surface area contributed by atoms with Crippen molar-refractivity contribution in [3.8, 4) is 5.75 Å². The van der Waals surface area contributed by atoms with Crippen LogP contribution in [0.1, 0.15) is 37.3 Å². The van der Waals surface area contributed by atoms with Crippen LogP contribution in [0.5, 0.6) is 5.75 Å². The summed E-state index contributed by atoms with van der Waals surface area (Å²) in [6.45, 7) is 7.25. The van der Waals surface area contributed by atoms with E-state index in [9.17, 15) is 4.79 Å². The Kier molecular flexibility index (Phi) is 6.21. The highest BCUT2D eigenvalue weighted by molar-refractivity contribution is 5.82. The van der Waals surface area contributed by atoms with Crippen molar-refractivity contribution >= 4 is 5.91 Å². The number of ether oxygens (including phenoxy) is 1. The van der Waals surface area contributed by atoms with Gasteiger partial charge in [-0.05, 0) is 49.9 Å². The van der Waals surface area contributed by atoms with E-state index >= 15 is 0 Å². The van der Waals surface area contributed by atoms with Crippen LogP contribution in [0.3, 0.4) is 0 Å². The van der Waals surface area contributed by atoms with Gasteiger partial charge in [-0.2, -0.15) is 0 Å². The van der Waals surface area contributed by atoms with Crippen molar-refractivity contribution in [2.45, 2.75) is 52.1 Å². The van der Waals surface area contributed by atoms with Crippen LogP contribution < -0.4 is 20.9 Å². The number of carbonyl (C=O) groups is 1. The number of hydrogen-bond donors (Lipinski definition) is 3. The summed E-state index contributed by atoms with van der Waals surface area (Å²) in [5.74, 6) is 0.894. The van der Waals surface area contributed by atoms with E-state index in [2.05, 4.69) is 29.2 Å². The highest BCUT2D eigenvalue weighted by Gasteiger charge is 2.28. The zero-order valence-corrected chi connectivity index (χ0v) is 13.7. The van der Waals surface area contributed by atoms with E-state index in [0.29, 0.717) is 19.2 Å². The predicted octanol–water partition coefficient (Wildman–Crippen LogP) is 1.83. The summed E-state index contributed by atoms with van der Waals surface area (Å²) in [7, 11) is 0. The van der Waals surface area contributed by atoms with E-state index in [4.69, 9.17) is 4.74 Å². The van der Waals surface area contributed by atoms with E-state index < -0.39 is 0 Å². The molecule has 1 aliphatic rings. The molecule has 2 rings (SSSR count). The number of hydrogen-bond acceptors (Lipinski definition) is 4. The number of carbonyl (C=O) groups excluding carboxylic acids is 1. The summed E-state index contributed by atoms with van der Waals surface area (Å²) in [4.78, 5) is 12.0. The van der Waals surface area contributed by atoms with Crippen LogP contribution in [0.4, 0.5) is 0 Å². The van der Waals surface area contributed by atoms with Crippen LogP contribution in [-0.2, 0) is 4.79 Å². The van der Waals surface area contributed by atoms with Gasteiger partial charge in [0.15, 0.2) is 0 Å². The molecule has 1 aliphatic heterocycles. The lowest BCUT2D eigenvalue weighted by Gasteiger charge is -2.12. The van der Waals surface area contributed by atoms with Gasteiger partial charge < -0.3 is 10.1 Å². The van der Waals surface area contributed by atoms with Crippen LogP contribution in [0.2, 0.25) is 0 Å². The normalized spacial score (nSPS) is 20.9. The maximum Gasteiger partial charge on any atom is 0.238 e. The lowest BCUT2D eigenvalue weighted by Crippen LogP contribution is -2.44. The predicted molar refractivity (Wildman–Crippen MR) is 87.8 cm³/mol. The molecule has 0 aromatic heterocycles. The quantitative estimate of drug-likeness (QED) is 0.673. The molecular weight excluding hydrogens is 278 g/mol. The molecule has 122 valence electrons. The Balaban J connectivity index is 1.67. The van der Waals surface area contributed by atoms with Crippen molar-refractivity contribution < 1.29 is 9.53 Å². The molecule has 0 bridgehead atoms. The van der Waals surface area contributed by atoms with Crippen molar-refractivity contribution in [2.75, 3.05) is 13.2 Å². The maximum atomic E-state index is 12.0. The summed E-state index contributed by atoms with van der Waals surface area (Å²) in [6.07, 6.45) is 3.06. The van der Waals surface area contributed by atoms with Gasteiger partial charge in [-0.3, -0.25) is 10.2 Å². The molecule has 5 heteroatoms. The van der Waals surface area contributed by atoms with Crippen molar-refractivity contribution in [3.05, 3.63) is 29.3 Å². The Bertz CT molecular complexity index is 484. The Morgan fingerprint density at radius 1 is 1.27 bits per heavy atom. The molecule has 0 saturated carbocycles. The highest BCUT2D eigenvalue weighted by atomic mass is 16.5. The van der Waals surface area contributed by atoms with E-state index in [1.54, 1.807) is 0 Å². The first-order valence-corrected chi connectivity index (χ1v) is 8.08. The van der Waals surface area contributed by atoms with Gasteiger partial charge in [-0.15, -0.1) is 0 Å². The van der Waals surface area contributed by atoms with Gasteiger partial charge in [0.05, 0.1) is 6.54 Å². The fraction of sp³-hybridized carbons (Fsp3) is 0.588. The first-order chi connectivity index (χ1) is 10.6. The summed E-state index contributed by atoms with van der Waals surface area (Å²) in [6, 6.07) is 6.38. The molecule has 1 amide bonds. The van der Waals surface area contributed by atoms with Gasteiger partial charge in [0.25, 0.3) is 0 Å². The first kappa shape index (κ1) is 16.8. The van der Waals surface area contributed by atoms with Crippen LogP contribution in [0.25, 0.3) is 0 Å². The molecule has 1 saturated heterocycles. The molecule has 0 aliphatic carbocycles. The fourth-order valence-corrected chi connectivity index (χ4v) is 2.81. The molecule has 22 heavy (non-hydrogen) atoms. The van der Waals surface area contributed by atoms with Crippen molar-refractivity contribution in [2.24, 2.45) is 0 Å². The number of nitrogens with one attached hydrogen (secondary N) is 3. The topological polar surface area (TPSA) is 62.4 Å². The molecule has 2 atom stereocenters. The van der Waals surface area contributed by atoms with Crippen LogP contribution >= 0.6 is 0 Å². The second kappa shape index (κ2) is 8.15. The van der Waals surface area contributed by atoms with Crippen LogP contribution in [-0.4, -0.2) is 31.1 Å². The summed E-state index contributed by atoms with van der Waals surface area (Å²) in [5, 5.41) is 2.92. The average Bonchev–Trinajstić information content (AvgIpc) is 2.91. The Morgan fingerprint density at radius 2 is 2.00 bits per heavy atom. The lowest BCUT2D eigenvalue weighted by molar-refractivity contribution is -0.123. The SMILES string of the molecule is CCCC1CC(C(=O)NCCOc2cc(C)cc(C)c2)NN1. The number of amides is 1. The Hall–Kier alpha value is -1.59. The minimum absolute atomic E-state index is 0.0372. The molecule has 1 heterocycles. The zero-order valence-electron chi connectivity index (χ0n) is 13.7. The molecule has 1 aromatic carbocycles. The first-order valence-electron chi connectivity index (χ1n) is 8.08. The Morgan fingerprint density at radius 3 is 2.68 bits per heavy atom. The van der Waals surface area contributed by atoms with Gasteiger partial charge in [0, 0.05) is 6.04 Å². The summed E-state index contributed by atoms with van der Waals surface area (Å²) >= 11 is 0. The molecule has 2 unspecified atom stereocenters. The van der Waals surface area contributed by atoms with Crippen molar-refractivity contribution in [3.63, 3.8) is 0 Å². The van der Waals surface area contributed by atoms with E-state index in [1.165, 1.54) is 11.1 Å². The van der Waals surface area contributed by atoms with Gasteiger partial charge >= 0.3 is 0 Å². The zero-order chi connectivity index (χ0) is 15.9. The second-order valence-electron chi connectivity index (χ2n) is 6.03. The fourth-order valence-electron chi connectivity index (χ4n) is 2.81. The van der Waals surface area contributed by atoms with Crippen molar-refractivity contribution in [1.82, 2.24) is 16.2 Å². The lowest BCUT2D eigenvalue weighted by atomic mass is 10.1. The third kappa shape index (κ3) is 5.00. The summed E-state index contributed by atoms with van der Waals surface area (Å²) < 4.78 is 5.69. The molecule has 3 N–H and O–H groups in total. The average molecular weight is 305 g/mol. The maximum absolute atomic E-state index is 12.0. The van der Waals surface area contributed by atoms with E-state index in [-0.39, 0.29) is 11.9 Å². The molecule has 1 fully saturated rings. The minimum Gasteiger partial charge on any atom is -0.492 e. The molecule has 1 aromatic rings. The molecule has 5 nitrogen and oxygen atoms in total. The third-order valence-electron chi connectivity index (χ3n) is 3.80. The number of rotatable bonds is 7. The van der Waals surface area contributed by atoms with E-state index in [0.717, 1.165) is 25.0 Å². The largest absolute Gasteiger partial charge is 0.492 e. The van der Waals surface area contributed by atoms with Gasteiger partial charge in [-0.25, -0.2) is 5.43 Å². The third-order valence-corrected chi connectivity index (χ3v) is 3.80. The molecular formula is C17H27N3O2. The smallest absolute Gasteiger partial charge is 0.238 e. The van der Waals surface area contributed by atoms with Gasteiger partial charge in [-0.1, -0.05) is 19.4 Å². The number of aryl methyl sites for hydroxylation is 2. The van der Waals surface area contributed by atoms with Gasteiger partial charge in [0.1, 0.15) is 18.4 Å². The van der Waals surface area contributed by atoms with E-state index in [1.807, 2.05) is 26.0 Å². The van der Waals surface area contributed by atoms with Gasteiger partial charge in [0.2, 0.25) is 5.91 Å².